The number of rotatable bonds is 15. The Bertz CT molecular complexity index is 1240. The van der Waals surface area contributed by atoms with Gasteiger partial charge in [-0.1, -0.05) is 18.2 Å². The Hall–Kier alpha value is -4.23. The second-order valence-electron chi connectivity index (χ2n) is 9.94. The molecule has 3 rings (SSSR count). The highest BCUT2D eigenvalue weighted by molar-refractivity contribution is 6.04. The minimum atomic E-state index is -0.865. The normalized spacial score (nSPS) is 13.5. The molecule has 1 fully saturated rings. The maximum absolute atomic E-state index is 13.5. The van der Waals surface area contributed by atoms with Crippen LogP contribution < -0.4 is 14.6 Å². The van der Waals surface area contributed by atoms with Crippen LogP contribution in [0.15, 0.2) is 48.7 Å². The summed E-state index contributed by atoms with van der Waals surface area (Å²) >= 11 is 0. The molecule has 1 aliphatic heterocycles. The first-order valence-electron chi connectivity index (χ1n) is 14.8. The van der Waals surface area contributed by atoms with E-state index in [0.29, 0.717) is 51.3 Å². The minimum absolute atomic E-state index is 0.0243. The number of benzene rings is 1. The molecular formula is C31H43N4O9+. The number of carbonyl (C=O) groups excluding carboxylic acids is 4. The second-order valence-corrected chi connectivity index (χ2v) is 9.94. The van der Waals surface area contributed by atoms with Crippen molar-refractivity contribution in [2.24, 2.45) is 0 Å². The van der Waals surface area contributed by atoms with Gasteiger partial charge in [0.05, 0.1) is 32.3 Å². The third-order valence-electron chi connectivity index (χ3n) is 7.10. The van der Waals surface area contributed by atoms with Gasteiger partial charge in [0.25, 0.3) is 5.91 Å². The highest BCUT2D eigenvalue weighted by atomic mass is 16.6. The molecule has 240 valence electrons. The molecule has 0 bridgehead atoms. The summed E-state index contributed by atoms with van der Waals surface area (Å²) in [5, 5.41) is 2.60. The number of amides is 4. The molecule has 1 unspecified atom stereocenters. The Labute approximate surface area is 257 Å². The van der Waals surface area contributed by atoms with Crippen molar-refractivity contribution in [1.29, 1.82) is 0 Å². The highest BCUT2D eigenvalue weighted by Crippen LogP contribution is 2.20. The van der Waals surface area contributed by atoms with Crippen molar-refractivity contribution in [2.45, 2.75) is 38.8 Å². The standard InChI is InChI=1S/C31H42N4O9/c1-4-33-16-8-7-10-24(33)14-17-35(29(37)26-11-5-6-12-27(26)41-3)31(39)44-23-25(40-2)22-43-30(38)32-15-9-13-28(36)34-18-20-42-21-19-34/h5-8,10-12,16,25H,4,9,13-15,17-23H2,1-3H3/p+1. The molecule has 44 heavy (non-hydrogen) atoms. The second kappa shape index (κ2) is 18.4. The van der Waals surface area contributed by atoms with E-state index in [1.807, 2.05) is 35.9 Å². The van der Waals surface area contributed by atoms with Crippen LogP contribution in [0, 0.1) is 0 Å². The lowest BCUT2D eigenvalue weighted by Crippen LogP contribution is -2.43. The van der Waals surface area contributed by atoms with Crippen molar-refractivity contribution in [1.82, 2.24) is 15.1 Å². The van der Waals surface area contributed by atoms with E-state index in [9.17, 15) is 19.2 Å². The molecule has 1 N–H and O–H groups in total. The fraction of sp³-hybridized carbons (Fsp3) is 0.516. The zero-order valence-corrected chi connectivity index (χ0v) is 25.7. The van der Waals surface area contributed by atoms with Gasteiger partial charge >= 0.3 is 12.2 Å². The molecule has 4 amide bonds. The smallest absolute Gasteiger partial charge is 0.416 e. The molecule has 13 heteroatoms. The fourth-order valence-corrected chi connectivity index (χ4v) is 4.56. The van der Waals surface area contributed by atoms with Crippen LogP contribution in [0.2, 0.25) is 0 Å². The quantitative estimate of drug-likeness (QED) is 0.236. The molecule has 0 saturated carbocycles. The van der Waals surface area contributed by atoms with Crippen molar-refractivity contribution in [3.8, 4) is 5.75 Å². The Morgan fingerprint density at radius 1 is 1.02 bits per heavy atom. The summed E-state index contributed by atoms with van der Waals surface area (Å²) in [5.41, 5.74) is 1.17. The number of alkyl carbamates (subject to hydrolysis) is 1. The predicted molar refractivity (Wildman–Crippen MR) is 158 cm³/mol. The number of ether oxygens (including phenoxy) is 5. The maximum atomic E-state index is 13.5. The summed E-state index contributed by atoms with van der Waals surface area (Å²) in [5.74, 6) is -0.210. The van der Waals surface area contributed by atoms with Crippen LogP contribution in [-0.4, -0.2) is 107 Å². The Morgan fingerprint density at radius 2 is 1.75 bits per heavy atom. The lowest BCUT2D eigenvalue weighted by molar-refractivity contribution is -0.700. The fourth-order valence-electron chi connectivity index (χ4n) is 4.56. The van der Waals surface area contributed by atoms with Crippen molar-refractivity contribution < 1.29 is 47.4 Å². The molecular weight excluding hydrogens is 572 g/mol. The van der Waals surface area contributed by atoms with E-state index in [1.165, 1.54) is 14.2 Å². The van der Waals surface area contributed by atoms with Crippen LogP contribution in [0.1, 0.15) is 35.8 Å². The molecule has 1 aromatic heterocycles. The van der Waals surface area contributed by atoms with Gasteiger partial charge in [0.2, 0.25) is 5.91 Å². The van der Waals surface area contributed by atoms with Crippen LogP contribution >= 0.6 is 0 Å². The number of aryl methyl sites for hydroxylation is 1. The number of nitrogens with one attached hydrogen (secondary N) is 1. The van der Waals surface area contributed by atoms with Crippen molar-refractivity contribution in [3.05, 3.63) is 59.9 Å². The van der Waals surface area contributed by atoms with Crippen LogP contribution in [0.25, 0.3) is 0 Å². The molecule has 1 saturated heterocycles. The third kappa shape index (κ3) is 10.5. The Balaban J connectivity index is 1.51. The maximum Gasteiger partial charge on any atom is 0.416 e. The molecule has 0 spiro atoms. The molecule has 1 atom stereocenters. The number of para-hydroxylation sites is 1. The van der Waals surface area contributed by atoms with E-state index >= 15 is 0 Å². The average molecular weight is 616 g/mol. The number of nitrogens with zero attached hydrogens (tertiary/aromatic N) is 3. The minimum Gasteiger partial charge on any atom is -0.496 e. The van der Waals surface area contributed by atoms with Gasteiger partial charge < -0.3 is 33.9 Å². The van der Waals surface area contributed by atoms with Gasteiger partial charge in [-0.25, -0.2) is 19.1 Å². The van der Waals surface area contributed by atoms with Crippen molar-refractivity contribution in [2.75, 3.05) is 66.8 Å². The monoisotopic (exact) mass is 615 g/mol. The predicted octanol–water partition coefficient (Wildman–Crippen LogP) is 2.20. The average Bonchev–Trinajstić information content (AvgIpc) is 3.07. The van der Waals surface area contributed by atoms with E-state index < -0.39 is 24.2 Å². The number of carbonyl (C=O) groups is 4. The lowest BCUT2D eigenvalue weighted by Gasteiger charge is -2.26. The number of hydrogen-bond acceptors (Lipinski definition) is 9. The van der Waals surface area contributed by atoms with E-state index in [1.54, 1.807) is 29.2 Å². The number of pyridine rings is 1. The molecule has 1 aromatic carbocycles. The summed E-state index contributed by atoms with van der Waals surface area (Å²) in [4.78, 5) is 53.9. The number of methoxy groups -OCH3 is 2. The molecule has 1 aliphatic rings. The topological polar surface area (TPSA) is 137 Å². The molecule has 0 aliphatic carbocycles. The number of imide groups is 1. The van der Waals surface area contributed by atoms with Gasteiger partial charge in [-0.3, -0.25) is 9.59 Å². The zero-order chi connectivity index (χ0) is 31.7. The van der Waals surface area contributed by atoms with E-state index in [4.69, 9.17) is 23.7 Å². The zero-order valence-electron chi connectivity index (χ0n) is 25.7. The summed E-state index contributed by atoms with van der Waals surface area (Å²) in [6.45, 7) is 4.85. The lowest BCUT2D eigenvalue weighted by atomic mass is 10.1. The number of aromatic nitrogens is 1. The molecule has 13 nitrogen and oxygen atoms in total. The van der Waals surface area contributed by atoms with Gasteiger partial charge in [0, 0.05) is 51.8 Å². The van der Waals surface area contributed by atoms with E-state index in [-0.39, 0.29) is 37.8 Å². The van der Waals surface area contributed by atoms with Crippen LogP contribution in [0.5, 0.6) is 5.75 Å². The van der Waals surface area contributed by atoms with Gasteiger partial charge in [-0.2, -0.15) is 0 Å². The third-order valence-corrected chi connectivity index (χ3v) is 7.10. The molecule has 0 radical (unpaired) electrons. The van der Waals surface area contributed by atoms with Gasteiger partial charge in [0.15, 0.2) is 11.9 Å². The number of hydrogen-bond donors (Lipinski definition) is 1. The Kier molecular flexibility index (Phi) is 14.4. The van der Waals surface area contributed by atoms with Gasteiger partial charge in [-0.05, 0) is 25.5 Å². The summed E-state index contributed by atoms with van der Waals surface area (Å²) < 4.78 is 28.6. The summed E-state index contributed by atoms with van der Waals surface area (Å²) in [6.07, 6.45) is 0.794. The first-order valence-corrected chi connectivity index (χ1v) is 14.8. The van der Waals surface area contributed by atoms with E-state index in [0.717, 1.165) is 17.1 Å². The first kappa shape index (κ1) is 34.3. The van der Waals surface area contributed by atoms with Gasteiger partial charge in [0.1, 0.15) is 31.6 Å². The number of morpholine rings is 1. The van der Waals surface area contributed by atoms with E-state index in [2.05, 4.69) is 5.32 Å². The van der Waals surface area contributed by atoms with Crippen molar-refractivity contribution >= 4 is 24.0 Å². The summed E-state index contributed by atoms with van der Waals surface area (Å²) in [6, 6.07) is 12.4. The largest absolute Gasteiger partial charge is 0.496 e. The molecule has 2 heterocycles. The highest BCUT2D eigenvalue weighted by Gasteiger charge is 2.28. The molecule has 2 aromatic rings. The Morgan fingerprint density at radius 3 is 2.48 bits per heavy atom. The van der Waals surface area contributed by atoms with Crippen LogP contribution in [-0.2, 0) is 36.7 Å². The van der Waals surface area contributed by atoms with Crippen LogP contribution in [0.4, 0.5) is 9.59 Å². The summed E-state index contributed by atoms with van der Waals surface area (Å²) in [7, 11) is 2.85. The first-order chi connectivity index (χ1) is 21.4. The van der Waals surface area contributed by atoms with Crippen LogP contribution in [0.3, 0.4) is 0 Å². The SMILES string of the molecule is CC[n+]1ccccc1CCN(C(=O)OCC(COC(=O)NCCCC(=O)N1CCOCC1)OC)C(=O)c1ccccc1OC. The van der Waals surface area contributed by atoms with Crippen molar-refractivity contribution in [3.63, 3.8) is 0 Å². The van der Waals surface area contributed by atoms with Gasteiger partial charge in [-0.15, -0.1) is 0 Å².